The first-order valence-electron chi connectivity index (χ1n) is 7.39. The van der Waals surface area contributed by atoms with E-state index in [2.05, 4.69) is 0 Å². The number of ether oxygens (including phenoxy) is 1. The van der Waals surface area contributed by atoms with Crippen molar-refractivity contribution in [2.45, 2.75) is 46.0 Å². The second-order valence-electron chi connectivity index (χ2n) is 6.92. The van der Waals surface area contributed by atoms with Gasteiger partial charge in [0, 0.05) is 24.3 Å². The van der Waals surface area contributed by atoms with Crippen LogP contribution in [0, 0.1) is 12.3 Å². The van der Waals surface area contributed by atoms with E-state index in [-0.39, 0.29) is 29.5 Å². The van der Waals surface area contributed by atoms with Gasteiger partial charge in [-0.15, -0.1) is 0 Å². The minimum absolute atomic E-state index is 0.124. The predicted octanol–water partition coefficient (Wildman–Crippen LogP) is 3.67. The molecular weight excluding hydrogens is 264 g/mol. The van der Waals surface area contributed by atoms with Crippen LogP contribution >= 0.6 is 0 Å². The molecule has 0 unspecified atom stereocenters. The van der Waals surface area contributed by atoms with Crippen molar-refractivity contribution in [3.05, 3.63) is 46.7 Å². The first-order chi connectivity index (χ1) is 9.85. The average Bonchev–Trinajstić information content (AvgIpc) is 2.36. The molecule has 110 valence electrons. The molecule has 3 nitrogen and oxygen atoms in total. The van der Waals surface area contributed by atoms with Gasteiger partial charge in [-0.05, 0) is 17.9 Å². The number of Topliss-reactive ketones (excluding diaryl/α,β-unsaturated/α-hetero) is 1. The van der Waals surface area contributed by atoms with E-state index >= 15 is 0 Å². The highest BCUT2D eigenvalue weighted by Gasteiger charge is 2.41. The second kappa shape index (κ2) is 4.83. The van der Waals surface area contributed by atoms with Gasteiger partial charge in [0.15, 0.2) is 5.78 Å². The summed E-state index contributed by atoms with van der Waals surface area (Å²) in [4.78, 5) is 24.5. The maximum absolute atomic E-state index is 12.6. The van der Waals surface area contributed by atoms with Gasteiger partial charge in [0.05, 0.1) is 6.42 Å². The molecule has 0 aromatic heterocycles. The zero-order valence-electron chi connectivity index (χ0n) is 12.7. The van der Waals surface area contributed by atoms with Crippen LogP contribution in [0.25, 0.3) is 0 Å². The van der Waals surface area contributed by atoms with E-state index in [9.17, 15) is 9.59 Å². The molecule has 0 radical (unpaired) electrons. The molecule has 1 aromatic rings. The van der Waals surface area contributed by atoms with Crippen molar-refractivity contribution in [1.29, 1.82) is 0 Å². The lowest BCUT2D eigenvalue weighted by atomic mass is 9.71. The van der Waals surface area contributed by atoms with Crippen LogP contribution in [0.5, 0.6) is 0 Å². The van der Waals surface area contributed by atoms with Gasteiger partial charge in [-0.3, -0.25) is 9.59 Å². The highest BCUT2D eigenvalue weighted by Crippen LogP contribution is 2.45. The minimum Gasteiger partial charge on any atom is -0.431 e. The van der Waals surface area contributed by atoms with Crippen LogP contribution < -0.4 is 0 Å². The Kier molecular flexibility index (Phi) is 3.23. The summed E-state index contributed by atoms with van der Waals surface area (Å²) in [6, 6.07) is 8.06. The lowest BCUT2D eigenvalue weighted by Gasteiger charge is -2.36. The molecule has 1 aromatic carbocycles. The zero-order valence-corrected chi connectivity index (χ0v) is 12.7. The summed E-state index contributed by atoms with van der Waals surface area (Å²) in [6.45, 7) is 6.11. The fraction of sp³-hybridized carbons (Fsp3) is 0.444. The number of aryl methyl sites for hydroxylation is 1. The largest absolute Gasteiger partial charge is 0.431 e. The quantitative estimate of drug-likeness (QED) is 0.739. The number of hydrogen-bond acceptors (Lipinski definition) is 3. The first kappa shape index (κ1) is 14.1. The average molecular weight is 284 g/mol. The molecule has 3 heteroatoms. The summed E-state index contributed by atoms with van der Waals surface area (Å²) < 4.78 is 5.39. The van der Waals surface area contributed by atoms with Crippen LogP contribution in [0.4, 0.5) is 0 Å². The van der Waals surface area contributed by atoms with E-state index < -0.39 is 0 Å². The molecule has 1 atom stereocenters. The standard InChI is InChI=1S/C18H20O3/c1-11-4-6-12(7-5-11)13-8-16(20)21-15-10-18(2,3)9-14(19)17(13)15/h4-7,13H,8-10H2,1-3H3/t13-/m1/s1. The van der Waals surface area contributed by atoms with Gasteiger partial charge in [0.25, 0.3) is 0 Å². The number of esters is 1. The Morgan fingerprint density at radius 1 is 1.10 bits per heavy atom. The van der Waals surface area contributed by atoms with Crippen LogP contribution in [-0.2, 0) is 14.3 Å². The first-order valence-corrected chi connectivity index (χ1v) is 7.39. The predicted molar refractivity (Wildman–Crippen MR) is 79.7 cm³/mol. The molecule has 1 heterocycles. The van der Waals surface area contributed by atoms with Gasteiger partial charge in [-0.1, -0.05) is 43.7 Å². The maximum Gasteiger partial charge on any atom is 0.311 e. The number of carbonyl (C=O) groups excluding carboxylic acids is 2. The lowest BCUT2D eigenvalue weighted by Crippen LogP contribution is -2.33. The van der Waals surface area contributed by atoms with Crippen LogP contribution in [0.15, 0.2) is 35.6 Å². The molecule has 0 N–H and O–H groups in total. The van der Waals surface area contributed by atoms with Gasteiger partial charge >= 0.3 is 5.97 Å². The third-order valence-electron chi connectivity index (χ3n) is 4.32. The highest BCUT2D eigenvalue weighted by molar-refractivity contribution is 6.00. The third-order valence-corrected chi connectivity index (χ3v) is 4.32. The Labute approximate surface area is 125 Å². The Bertz CT molecular complexity index is 635. The summed E-state index contributed by atoms with van der Waals surface area (Å²) in [5.41, 5.74) is 2.78. The SMILES string of the molecule is Cc1ccc([C@H]2CC(=O)OC3=C2C(=O)CC(C)(C)C3)cc1. The molecule has 0 fully saturated rings. The summed E-state index contributed by atoms with van der Waals surface area (Å²) in [5, 5.41) is 0. The number of benzene rings is 1. The Balaban J connectivity index is 2.06. The molecule has 0 amide bonds. The molecule has 0 spiro atoms. The molecular formula is C18H20O3. The summed E-state index contributed by atoms with van der Waals surface area (Å²) >= 11 is 0. The van der Waals surface area contributed by atoms with Gasteiger partial charge in [0.2, 0.25) is 0 Å². The third kappa shape index (κ3) is 2.65. The Morgan fingerprint density at radius 2 is 1.76 bits per heavy atom. The van der Waals surface area contributed by atoms with Crippen LogP contribution in [0.3, 0.4) is 0 Å². The number of rotatable bonds is 1. The van der Waals surface area contributed by atoms with E-state index in [0.717, 1.165) is 11.1 Å². The Morgan fingerprint density at radius 3 is 2.43 bits per heavy atom. The zero-order chi connectivity index (χ0) is 15.2. The molecule has 0 saturated heterocycles. The number of allylic oxidation sites excluding steroid dienone is 2. The van der Waals surface area contributed by atoms with Crippen LogP contribution in [0.1, 0.15) is 50.2 Å². The van der Waals surface area contributed by atoms with E-state index in [1.54, 1.807) is 0 Å². The highest BCUT2D eigenvalue weighted by atomic mass is 16.5. The fourth-order valence-corrected chi connectivity index (χ4v) is 3.29. The molecule has 1 aliphatic heterocycles. The maximum atomic E-state index is 12.6. The van der Waals surface area contributed by atoms with E-state index in [1.807, 2.05) is 45.0 Å². The number of carbonyl (C=O) groups is 2. The summed E-state index contributed by atoms with van der Waals surface area (Å²) in [6.07, 6.45) is 1.43. The second-order valence-corrected chi connectivity index (χ2v) is 6.92. The molecule has 21 heavy (non-hydrogen) atoms. The van der Waals surface area contributed by atoms with Crippen molar-refractivity contribution < 1.29 is 14.3 Å². The molecule has 2 aliphatic rings. The van der Waals surface area contributed by atoms with Crippen LogP contribution in [-0.4, -0.2) is 11.8 Å². The van der Waals surface area contributed by atoms with Crippen molar-refractivity contribution in [1.82, 2.24) is 0 Å². The summed E-state index contributed by atoms with van der Waals surface area (Å²) in [7, 11) is 0. The van der Waals surface area contributed by atoms with Crippen LogP contribution in [0.2, 0.25) is 0 Å². The molecule has 1 aliphatic carbocycles. The van der Waals surface area contributed by atoms with E-state index in [1.165, 1.54) is 5.56 Å². The normalized spacial score (nSPS) is 24.6. The molecule has 0 saturated carbocycles. The number of hydrogen-bond donors (Lipinski definition) is 0. The van der Waals surface area contributed by atoms with Gasteiger partial charge in [-0.2, -0.15) is 0 Å². The monoisotopic (exact) mass is 284 g/mol. The van der Waals surface area contributed by atoms with Crippen molar-refractivity contribution in [3.63, 3.8) is 0 Å². The van der Waals surface area contributed by atoms with E-state index in [4.69, 9.17) is 4.74 Å². The van der Waals surface area contributed by atoms with Gasteiger partial charge < -0.3 is 4.74 Å². The van der Waals surface area contributed by atoms with Crippen molar-refractivity contribution in [2.24, 2.45) is 5.41 Å². The minimum atomic E-state index is -0.232. The number of ketones is 1. The van der Waals surface area contributed by atoms with E-state index in [0.29, 0.717) is 18.6 Å². The fourth-order valence-electron chi connectivity index (χ4n) is 3.29. The lowest BCUT2D eigenvalue weighted by molar-refractivity contribution is -0.142. The smallest absolute Gasteiger partial charge is 0.311 e. The molecule has 3 rings (SSSR count). The van der Waals surface area contributed by atoms with Gasteiger partial charge in [0.1, 0.15) is 5.76 Å². The van der Waals surface area contributed by atoms with Crippen molar-refractivity contribution in [3.8, 4) is 0 Å². The Hall–Kier alpha value is -1.90. The van der Waals surface area contributed by atoms with Gasteiger partial charge in [-0.25, -0.2) is 0 Å². The molecule has 0 bridgehead atoms. The van der Waals surface area contributed by atoms with Crippen molar-refractivity contribution >= 4 is 11.8 Å². The topological polar surface area (TPSA) is 43.4 Å². The summed E-state index contributed by atoms with van der Waals surface area (Å²) in [5.74, 6) is 0.340. The van der Waals surface area contributed by atoms with Crippen molar-refractivity contribution in [2.75, 3.05) is 0 Å².